The summed E-state index contributed by atoms with van der Waals surface area (Å²) in [6, 6.07) is 8.42. The molecule has 19 heavy (non-hydrogen) atoms. The third-order valence-corrected chi connectivity index (χ3v) is 4.78. The maximum Gasteiger partial charge on any atom is 0.142 e. The van der Waals surface area contributed by atoms with Crippen LogP contribution in [0.1, 0.15) is 32.6 Å². The molecule has 0 radical (unpaired) electrons. The summed E-state index contributed by atoms with van der Waals surface area (Å²) >= 11 is 0. The van der Waals surface area contributed by atoms with E-state index in [2.05, 4.69) is 36.1 Å². The second-order valence-electron chi connectivity index (χ2n) is 5.76. The number of benzene rings is 1. The SMILES string of the molecule is CCC(CN)(C1CC1)N1CCCOc2ccccc21. The Morgan fingerprint density at radius 3 is 2.84 bits per heavy atom. The van der Waals surface area contributed by atoms with E-state index in [-0.39, 0.29) is 5.54 Å². The van der Waals surface area contributed by atoms with E-state index in [1.807, 2.05) is 0 Å². The highest BCUT2D eigenvalue weighted by Crippen LogP contribution is 2.48. The minimum Gasteiger partial charge on any atom is -0.491 e. The monoisotopic (exact) mass is 260 g/mol. The first-order chi connectivity index (χ1) is 9.31. The van der Waals surface area contributed by atoms with E-state index in [1.165, 1.54) is 18.5 Å². The van der Waals surface area contributed by atoms with Crippen molar-refractivity contribution in [1.29, 1.82) is 0 Å². The molecule has 1 aliphatic carbocycles. The van der Waals surface area contributed by atoms with Gasteiger partial charge in [0.25, 0.3) is 0 Å². The quantitative estimate of drug-likeness (QED) is 0.904. The van der Waals surface area contributed by atoms with Gasteiger partial charge in [0.2, 0.25) is 0 Å². The smallest absolute Gasteiger partial charge is 0.142 e. The van der Waals surface area contributed by atoms with Crippen molar-refractivity contribution in [3.63, 3.8) is 0 Å². The van der Waals surface area contributed by atoms with Crippen molar-refractivity contribution in [2.75, 3.05) is 24.6 Å². The van der Waals surface area contributed by atoms with E-state index in [4.69, 9.17) is 10.5 Å². The molecule has 3 nitrogen and oxygen atoms in total. The topological polar surface area (TPSA) is 38.5 Å². The average Bonchev–Trinajstić information content (AvgIpc) is 3.28. The Morgan fingerprint density at radius 1 is 1.37 bits per heavy atom. The van der Waals surface area contributed by atoms with Gasteiger partial charge < -0.3 is 15.4 Å². The van der Waals surface area contributed by atoms with Gasteiger partial charge in [0.15, 0.2) is 0 Å². The summed E-state index contributed by atoms with van der Waals surface area (Å²) in [5.74, 6) is 1.78. The molecule has 0 saturated heterocycles. The number of nitrogens with zero attached hydrogens (tertiary/aromatic N) is 1. The highest BCUT2D eigenvalue weighted by molar-refractivity contribution is 5.61. The molecule has 1 heterocycles. The van der Waals surface area contributed by atoms with Crippen molar-refractivity contribution in [1.82, 2.24) is 0 Å². The number of rotatable bonds is 4. The molecular weight excluding hydrogens is 236 g/mol. The highest BCUT2D eigenvalue weighted by atomic mass is 16.5. The lowest BCUT2D eigenvalue weighted by molar-refractivity contribution is 0.313. The van der Waals surface area contributed by atoms with Gasteiger partial charge in [-0.05, 0) is 43.7 Å². The molecule has 2 aliphatic rings. The molecule has 1 aliphatic heterocycles. The lowest BCUT2D eigenvalue weighted by Crippen LogP contribution is -2.56. The summed E-state index contributed by atoms with van der Waals surface area (Å²) in [7, 11) is 0. The zero-order chi connectivity index (χ0) is 13.3. The average molecular weight is 260 g/mol. The Hall–Kier alpha value is -1.22. The highest BCUT2D eigenvalue weighted by Gasteiger charge is 2.47. The minimum absolute atomic E-state index is 0.129. The number of hydrogen-bond donors (Lipinski definition) is 1. The Bertz CT molecular complexity index is 438. The summed E-state index contributed by atoms with van der Waals surface area (Å²) in [5.41, 5.74) is 7.58. The predicted molar refractivity (Wildman–Crippen MR) is 78.7 cm³/mol. The summed E-state index contributed by atoms with van der Waals surface area (Å²) in [5, 5.41) is 0. The maximum atomic E-state index is 6.22. The summed E-state index contributed by atoms with van der Waals surface area (Å²) < 4.78 is 5.88. The lowest BCUT2D eigenvalue weighted by Gasteiger charge is -2.45. The fourth-order valence-electron chi connectivity index (χ4n) is 3.53. The largest absolute Gasteiger partial charge is 0.491 e. The first-order valence-corrected chi connectivity index (χ1v) is 7.51. The number of anilines is 1. The number of ether oxygens (including phenoxy) is 1. The third kappa shape index (κ3) is 2.10. The number of para-hydroxylation sites is 2. The van der Waals surface area contributed by atoms with E-state index >= 15 is 0 Å². The molecule has 3 heteroatoms. The predicted octanol–water partition coefficient (Wildman–Crippen LogP) is 2.79. The minimum atomic E-state index is 0.129. The fourth-order valence-corrected chi connectivity index (χ4v) is 3.53. The molecule has 1 fully saturated rings. The number of hydrogen-bond acceptors (Lipinski definition) is 3. The molecule has 1 atom stereocenters. The van der Waals surface area contributed by atoms with E-state index in [1.54, 1.807) is 0 Å². The van der Waals surface area contributed by atoms with E-state index in [9.17, 15) is 0 Å². The van der Waals surface area contributed by atoms with Crippen molar-refractivity contribution in [2.45, 2.75) is 38.1 Å². The summed E-state index contributed by atoms with van der Waals surface area (Å²) in [4.78, 5) is 2.55. The van der Waals surface area contributed by atoms with Gasteiger partial charge in [0, 0.05) is 13.1 Å². The second-order valence-corrected chi connectivity index (χ2v) is 5.76. The van der Waals surface area contributed by atoms with Crippen LogP contribution in [0.5, 0.6) is 5.75 Å². The summed E-state index contributed by atoms with van der Waals surface area (Å²) in [6.45, 7) is 4.88. The van der Waals surface area contributed by atoms with Gasteiger partial charge in [-0.15, -0.1) is 0 Å². The van der Waals surface area contributed by atoms with Crippen LogP contribution in [-0.4, -0.2) is 25.2 Å². The van der Waals surface area contributed by atoms with Gasteiger partial charge in [-0.25, -0.2) is 0 Å². The molecule has 104 valence electrons. The van der Waals surface area contributed by atoms with E-state index < -0.39 is 0 Å². The Morgan fingerprint density at radius 2 is 2.16 bits per heavy atom. The van der Waals surface area contributed by atoms with Crippen LogP contribution in [0.4, 0.5) is 5.69 Å². The van der Waals surface area contributed by atoms with Gasteiger partial charge in [0.05, 0.1) is 17.8 Å². The van der Waals surface area contributed by atoms with Crippen molar-refractivity contribution in [3.8, 4) is 5.75 Å². The van der Waals surface area contributed by atoms with Gasteiger partial charge in [0.1, 0.15) is 5.75 Å². The van der Waals surface area contributed by atoms with Crippen LogP contribution in [0.15, 0.2) is 24.3 Å². The molecule has 1 aromatic rings. The molecule has 0 spiro atoms. The van der Waals surface area contributed by atoms with Crippen molar-refractivity contribution >= 4 is 5.69 Å². The third-order valence-electron chi connectivity index (χ3n) is 4.78. The van der Waals surface area contributed by atoms with Crippen LogP contribution in [0.25, 0.3) is 0 Å². The van der Waals surface area contributed by atoms with Crippen LogP contribution >= 0.6 is 0 Å². The lowest BCUT2D eigenvalue weighted by atomic mass is 9.87. The number of nitrogens with two attached hydrogens (primary N) is 1. The number of fused-ring (bicyclic) bond motifs is 1. The molecule has 0 amide bonds. The first-order valence-electron chi connectivity index (χ1n) is 7.51. The zero-order valence-corrected chi connectivity index (χ0v) is 11.8. The van der Waals surface area contributed by atoms with Crippen LogP contribution in [-0.2, 0) is 0 Å². The van der Waals surface area contributed by atoms with Crippen LogP contribution in [0.2, 0.25) is 0 Å². The van der Waals surface area contributed by atoms with Crippen molar-refractivity contribution in [2.24, 2.45) is 11.7 Å². The Labute approximate surface area is 115 Å². The van der Waals surface area contributed by atoms with Crippen LogP contribution in [0, 0.1) is 5.92 Å². The molecule has 0 bridgehead atoms. The maximum absolute atomic E-state index is 6.22. The molecule has 3 rings (SSSR count). The van der Waals surface area contributed by atoms with Crippen LogP contribution in [0.3, 0.4) is 0 Å². The Kier molecular flexibility index (Phi) is 3.40. The van der Waals surface area contributed by atoms with Crippen molar-refractivity contribution < 1.29 is 4.74 Å². The van der Waals surface area contributed by atoms with E-state index in [0.29, 0.717) is 0 Å². The van der Waals surface area contributed by atoms with Gasteiger partial charge in [-0.1, -0.05) is 19.1 Å². The molecule has 1 saturated carbocycles. The van der Waals surface area contributed by atoms with Crippen molar-refractivity contribution in [3.05, 3.63) is 24.3 Å². The second kappa shape index (κ2) is 5.04. The molecule has 1 aromatic carbocycles. The summed E-state index contributed by atoms with van der Waals surface area (Å²) in [6.07, 6.45) is 4.83. The first kappa shape index (κ1) is 12.8. The standard InChI is InChI=1S/C16H24N2O/c1-2-16(12-17,13-8-9-13)18-10-5-11-19-15-7-4-3-6-14(15)18/h3-4,6-7,13H,2,5,8-12,17H2,1H3. The van der Waals surface area contributed by atoms with Crippen LogP contribution < -0.4 is 15.4 Å². The van der Waals surface area contributed by atoms with E-state index in [0.717, 1.165) is 44.2 Å². The fraction of sp³-hybridized carbons (Fsp3) is 0.625. The van der Waals surface area contributed by atoms with Gasteiger partial charge >= 0.3 is 0 Å². The molecular formula is C16H24N2O. The van der Waals surface area contributed by atoms with Gasteiger partial charge in [-0.2, -0.15) is 0 Å². The normalized spacial score (nSPS) is 22.1. The molecule has 0 aromatic heterocycles. The Balaban J connectivity index is 2.02. The zero-order valence-electron chi connectivity index (χ0n) is 11.8. The van der Waals surface area contributed by atoms with Gasteiger partial charge in [-0.3, -0.25) is 0 Å². The molecule has 2 N–H and O–H groups in total. The molecule has 1 unspecified atom stereocenters.